The van der Waals surface area contributed by atoms with E-state index in [1.54, 1.807) is 0 Å². The summed E-state index contributed by atoms with van der Waals surface area (Å²) >= 11 is 0. The van der Waals surface area contributed by atoms with Gasteiger partial charge in [0.1, 0.15) is 6.04 Å². The van der Waals surface area contributed by atoms with E-state index in [0.717, 1.165) is 6.42 Å². The van der Waals surface area contributed by atoms with E-state index >= 15 is 0 Å². The number of hydrogen-bond donors (Lipinski definition) is 2. The van der Waals surface area contributed by atoms with Gasteiger partial charge in [-0.3, -0.25) is 4.79 Å². The molecule has 3 unspecified atom stereocenters. The molecule has 4 nitrogen and oxygen atoms in total. The van der Waals surface area contributed by atoms with Gasteiger partial charge in [0, 0.05) is 12.6 Å². The molecule has 1 amide bonds. The quantitative estimate of drug-likeness (QED) is 0.784. The number of rotatable bonds is 7. The van der Waals surface area contributed by atoms with Crippen LogP contribution in [0.5, 0.6) is 0 Å². The molecule has 0 saturated heterocycles. The largest absolute Gasteiger partial charge is 0.377 e. The topological polar surface area (TPSA) is 64.3 Å². The van der Waals surface area contributed by atoms with Crippen LogP contribution in [0, 0.1) is 0 Å². The molecule has 0 aliphatic heterocycles. The molecule has 106 valence electrons. The Morgan fingerprint density at radius 3 is 2.53 bits per heavy atom. The summed E-state index contributed by atoms with van der Waals surface area (Å²) in [6.45, 7) is 6.24. The molecule has 1 aromatic rings. The van der Waals surface area contributed by atoms with Gasteiger partial charge in [0.2, 0.25) is 5.91 Å². The van der Waals surface area contributed by atoms with E-state index in [9.17, 15) is 4.79 Å². The van der Waals surface area contributed by atoms with E-state index in [2.05, 4.69) is 5.32 Å². The van der Waals surface area contributed by atoms with Crippen LogP contribution >= 0.6 is 0 Å². The van der Waals surface area contributed by atoms with E-state index in [1.165, 1.54) is 5.56 Å². The van der Waals surface area contributed by atoms with Gasteiger partial charge in [-0.05, 0) is 32.8 Å². The van der Waals surface area contributed by atoms with Crippen molar-refractivity contribution in [3.8, 4) is 0 Å². The lowest BCUT2D eigenvalue weighted by Gasteiger charge is -2.22. The highest BCUT2D eigenvalue weighted by Gasteiger charge is 2.22. The number of carbonyl (C=O) groups is 1. The first-order valence-electron chi connectivity index (χ1n) is 6.76. The molecule has 0 saturated carbocycles. The molecule has 0 heterocycles. The second-order valence-corrected chi connectivity index (χ2v) is 4.79. The molecule has 0 spiro atoms. The highest BCUT2D eigenvalue weighted by Crippen LogP contribution is 2.03. The van der Waals surface area contributed by atoms with Gasteiger partial charge in [0.05, 0.1) is 6.10 Å². The Hall–Kier alpha value is -1.39. The van der Waals surface area contributed by atoms with E-state index < -0.39 is 6.04 Å². The highest BCUT2D eigenvalue weighted by molar-refractivity contribution is 5.82. The molecule has 0 aliphatic carbocycles. The van der Waals surface area contributed by atoms with E-state index in [4.69, 9.17) is 10.5 Å². The van der Waals surface area contributed by atoms with Crippen LogP contribution in [-0.4, -0.2) is 30.7 Å². The smallest absolute Gasteiger partial charge is 0.239 e. The summed E-state index contributed by atoms with van der Waals surface area (Å²) in [7, 11) is 0. The van der Waals surface area contributed by atoms with Gasteiger partial charge in [0.15, 0.2) is 0 Å². The average molecular weight is 264 g/mol. The number of benzene rings is 1. The molecule has 0 bridgehead atoms. The Kier molecular flexibility index (Phi) is 6.53. The molecule has 0 aromatic heterocycles. The van der Waals surface area contributed by atoms with Crippen molar-refractivity contribution in [1.29, 1.82) is 0 Å². The second kappa shape index (κ2) is 7.92. The Balaban J connectivity index is 2.43. The first-order valence-corrected chi connectivity index (χ1v) is 6.76. The van der Waals surface area contributed by atoms with Crippen molar-refractivity contribution < 1.29 is 9.53 Å². The number of nitrogens with two attached hydrogens (primary N) is 1. The summed E-state index contributed by atoms with van der Waals surface area (Å²) in [5, 5.41) is 2.92. The predicted octanol–water partition coefficient (Wildman–Crippen LogP) is 1.49. The summed E-state index contributed by atoms with van der Waals surface area (Å²) in [5.74, 6) is -0.163. The van der Waals surface area contributed by atoms with Gasteiger partial charge in [-0.25, -0.2) is 0 Å². The SMILES string of the molecule is CCOC(C)C(N)C(=O)NC(C)Cc1ccccc1. The number of amides is 1. The van der Waals surface area contributed by atoms with Crippen LogP contribution < -0.4 is 11.1 Å². The zero-order chi connectivity index (χ0) is 14.3. The van der Waals surface area contributed by atoms with Crippen LogP contribution in [-0.2, 0) is 16.0 Å². The maximum absolute atomic E-state index is 11.9. The lowest BCUT2D eigenvalue weighted by Crippen LogP contribution is -2.50. The maximum atomic E-state index is 11.9. The van der Waals surface area contributed by atoms with Crippen molar-refractivity contribution in [2.75, 3.05) is 6.61 Å². The normalized spacial score (nSPS) is 15.6. The summed E-state index contributed by atoms with van der Waals surface area (Å²) in [5.41, 5.74) is 7.05. The second-order valence-electron chi connectivity index (χ2n) is 4.79. The highest BCUT2D eigenvalue weighted by atomic mass is 16.5. The van der Waals surface area contributed by atoms with Crippen LogP contribution in [0.25, 0.3) is 0 Å². The minimum absolute atomic E-state index is 0.0507. The number of nitrogens with one attached hydrogen (secondary N) is 1. The molecule has 4 heteroatoms. The standard InChI is InChI=1S/C15H24N2O2/c1-4-19-12(3)14(16)15(18)17-11(2)10-13-8-6-5-7-9-13/h5-9,11-12,14H,4,10,16H2,1-3H3,(H,17,18). The molecule has 0 aliphatic rings. The Morgan fingerprint density at radius 1 is 1.32 bits per heavy atom. The van der Waals surface area contributed by atoms with Crippen molar-refractivity contribution in [3.63, 3.8) is 0 Å². The number of hydrogen-bond acceptors (Lipinski definition) is 3. The third-order valence-corrected chi connectivity index (χ3v) is 3.01. The molecule has 1 rings (SSSR count). The van der Waals surface area contributed by atoms with Crippen LogP contribution in [0.15, 0.2) is 30.3 Å². The Bertz CT molecular complexity index is 381. The van der Waals surface area contributed by atoms with Crippen molar-refractivity contribution in [3.05, 3.63) is 35.9 Å². The molecule has 0 fully saturated rings. The summed E-state index contributed by atoms with van der Waals surface area (Å²) in [4.78, 5) is 11.9. The molecule has 3 N–H and O–H groups in total. The number of carbonyl (C=O) groups excluding carboxylic acids is 1. The molecule has 0 radical (unpaired) electrons. The van der Waals surface area contributed by atoms with Gasteiger partial charge >= 0.3 is 0 Å². The zero-order valence-electron chi connectivity index (χ0n) is 11.9. The minimum atomic E-state index is -0.627. The summed E-state index contributed by atoms with van der Waals surface area (Å²) in [6.07, 6.45) is 0.524. The van der Waals surface area contributed by atoms with Crippen LogP contribution in [0.4, 0.5) is 0 Å². The van der Waals surface area contributed by atoms with E-state index in [-0.39, 0.29) is 18.1 Å². The van der Waals surface area contributed by atoms with Crippen LogP contribution in [0.1, 0.15) is 26.3 Å². The zero-order valence-corrected chi connectivity index (χ0v) is 11.9. The van der Waals surface area contributed by atoms with Crippen molar-refractivity contribution in [2.45, 2.75) is 45.4 Å². The maximum Gasteiger partial charge on any atom is 0.239 e. The van der Waals surface area contributed by atoms with Gasteiger partial charge < -0.3 is 15.8 Å². The fourth-order valence-electron chi connectivity index (χ4n) is 1.94. The molecule has 3 atom stereocenters. The lowest BCUT2D eigenvalue weighted by molar-refractivity contribution is -0.126. The lowest BCUT2D eigenvalue weighted by atomic mass is 10.1. The predicted molar refractivity (Wildman–Crippen MR) is 76.8 cm³/mol. The van der Waals surface area contributed by atoms with Gasteiger partial charge in [-0.2, -0.15) is 0 Å². The fraction of sp³-hybridized carbons (Fsp3) is 0.533. The Morgan fingerprint density at radius 2 is 1.95 bits per heavy atom. The Labute approximate surface area is 115 Å². The molecule has 1 aromatic carbocycles. The van der Waals surface area contributed by atoms with Gasteiger partial charge in [-0.15, -0.1) is 0 Å². The van der Waals surface area contributed by atoms with Crippen molar-refractivity contribution in [2.24, 2.45) is 5.73 Å². The average Bonchev–Trinajstić information content (AvgIpc) is 2.39. The molecule has 19 heavy (non-hydrogen) atoms. The van der Waals surface area contributed by atoms with Crippen molar-refractivity contribution >= 4 is 5.91 Å². The third kappa shape index (κ3) is 5.41. The van der Waals surface area contributed by atoms with Gasteiger partial charge in [-0.1, -0.05) is 30.3 Å². The first-order chi connectivity index (χ1) is 9.04. The molecular formula is C15H24N2O2. The van der Waals surface area contributed by atoms with E-state index in [0.29, 0.717) is 6.61 Å². The van der Waals surface area contributed by atoms with E-state index in [1.807, 2.05) is 51.1 Å². The third-order valence-electron chi connectivity index (χ3n) is 3.01. The minimum Gasteiger partial charge on any atom is -0.377 e. The fourth-order valence-corrected chi connectivity index (χ4v) is 1.94. The molecular weight excluding hydrogens is 240 g/mol. The van der Waals surface area contributed by atoms with Crippen molar-refractivity contribution in [1.82, 2.24) is 5.32 Å². The van der Waals surface area contributed by atoms with Gasteiger partial charge in [0.25, 0.3) is 0 Å². The van der Waals surface area contributed by atoms with Crippen LogP contribution in [0.3, 0.4) is 0 Å². The first kappa shape index (κ1) is 15.7. The summed E-state index contributed by atoms with van der Waals surface area (Å²) < 4.78 is 5.34. The van der Waals surface area contributed by atoms with Crippen LogP contribution in [0.2, 0.25) is 0 Å². The number of ether oxygens (including phenoxy) is 1. The summed E-state index contributed by atoms with van der Waals surface area (Å²) in [6, 6.07) is 9.48. The monoisotopic (exact) mass is 264 g/mol.